The van der Waals surface area contributed by atoms with Crippen molar-refractivity contribution in [2.45, 2.75) is 25.9 Å². The standard InChI is InChI=1S/C10H15N7/c1-2-17-8-9(7-15-17)10(6-11)13-4-3-5-14-16-12/h7-8,10,13H,2-5H2,1H3. The van der Waals surface area contributed by atoms with Crippen LogP contribution in [-0.4, -0.2) is 22.9 Å². The second-order valence-corrected chi connectivity index (χ2v) is 3.45. The minimum absolute atomic E-state index is 0.360. The smallest absolute Gasteiger partial charge is 0.124 e. The Kier molecular flexibility index (Phi) is 5.58. The molecular weight excluding hydrogens is 218 g/mol. The summed E-state index contributed by atoms with van der Waals surface area (Å²) >= 11 is 0. The van der Waals surface area contributed by atoms with E-state index in [-0.39, 0.29) is 6.04 Å². The van der Waals surface area contributed by atoms with Crippen molar-refractivity contribution in [1.29, 1.82) is 5.26 Å². The zero-order valence-electron chi connectivity index (χ0n) is 9.74. The third-order valence-electron chi connectivity index (χ3n) is 2.29. The van der Waals surface area contributed by atoms with Crippen molar-refractivity contribution in [3.63, 3.8) is 0 Å². The summed E-state index contributed by atoms with van der Waals surface area (Å²) in [5.74, 6) is 0. The summed E-state index contributed by atoms with van der Waals surface area (Å²) in [5.41, 5.74) is 8.96. The van der Waals surface area contributed by atoms with Gasteiger partial charge in [0.25, 0.3) is 0 Å². The van der Waals surface area contributed by atoms with E-state index in [9.17, 15) is 0 Å². The molecule has 0 aliphatic carbocycles. The van der Waals surface area contributed by atoms with Crippen molar-refractivity contribution in [3.8, 4) is 6.07 Å². The third kappa shape index (κ3) is 4.15. The van der Waals surface area contributed by atoms with Crippen molar-refractivity contribution in [2.75, 3.05) is 13.1 Å². The first-order valence-electron chi connectivity index (χ1n) is 5.48. The van der Waals surface area contributed by atoms with Gasteiger partial charge in [0, 0.05) is 29.8 Å². The van der Waals surface area contributed by atoms with Crippen LogP contribution in [0.5, 0.6) is 0 Å². The molecule has 1 N–H and O–H groups in total. The maximum atomic E-state index is 9.03. The molecule has 7 heteroatoms. The normalized spacial score (nSPS) is 11.5. The lowest BCUT2D eigenvalue weighted by atomic mass is 10.2. The van der Waals surface area contributed by atoms with Crippen LogP contribution in [0.1, 0.15) is 24.9 Å². The molecule has 0 aliphatic heterocycles. The average Bonchev–Trinajstić information content (AvgIpc) is 2.82. The fourth-order valence-electron chi connectivity index (χ4n) is 1.38. The van der Waals surface area contributed by atoms with Crippen molar-refractivity contribution in [2.24, 2.45) is 5.11 Å². The van der Waals surface area contributed by atoms with Gasteiger partial charge < -0.3 is 0 Å². The largest absolute Gasteiger partial charge is 0.298 e. The lowest BCUT2D eigenvalue weighted by Crippen LogP contribution is -2.21. The zero-order valence-corrected chi connectivity index (χ0v) is 9.74. The van der Waals surface area contributed by atoms with E-state index in [0.29, 0.717) is 19.5 Å². The molecule has 1 atom stereocenters. The maximum Gasteiger partial charge on any atom is 0.124 e. The van der Waals surface area contributed by atoms with Crippen molar-refractivity contribution in [3.05, 3.63) is 28.4 Å². The first-order chi connectivity index (χ1) is 8.31. The minimum Gasteiger partial charge on any atom is -0.298 e. The van der Waals surface area contributed by atoms with Gasteiger partial charge in [0.15, 0.2) is 0 Å². The van der Waals surface area contributed by atoms with E-state index >= 15 is 0 Å². The molecule has 0 bridgehead atoms. The van der Waals surface area contributed by atoms with E-state index in [1.54, 1.807) is 10.9 Å². The SMILES string of the molecule is CCn1cc(C(C#N)NCCCN=[N+]=[N-])cn1. The van der Waals surface area contributed by atoms with Gasteiger partial charge in [-0.1, -0.05) is 5.11 Å². The van der Waals surface area contributed by atoms with Crippen LogP contribution in [0.2, 0.25) is 0 Å². The Morgan fingerprint density at radius 2 is 2.59 bits per heavy atom. The van der Waals surface area contributed by atoms with Crippen molar-refractivity contribution in [1.82, 2.24) is 15.1 Å². The van der Waals surface area contributed by atoms with Crippen LogP contribution in [0.3, 0.4) is 0 Å². The maximum absolute atomic E-state index is 9.03. The molecule has 0 fully saturated rings. The zero-order chi connectivity index (χ0) is 12.5. The number of aromatic nitrogens is 2. The fourth-order valence-corrected chi connectivity index (χ4v) is 1.38. The van der Waals surface area contributed by atoms with Gasteiger partial charge in [0.2, 0.25) is 0 Å². The predicted molar refractivity (Wildman–Crippen MR) is 62.9 cm³/mol. The van der Waals surface area contributed by atoms with Crippen LogP contribution < -0.4 is 5.32 Å². The van der Waals surface area contributed by atoms with Crippen LogP contribution in [0, 0.1) is 11.3 Å². The van der Waals surface area contributed by atoms with E-state index in [1.807, 2.05) is 13.1 Å². The van der Waals surface area contributed by atoms with Gasteiger partial charge in [-0.05, 0) is 25.4 Å². The van der Waals surface area contributed by atoms with Gasteiger partial charge in [-0.25, -0.2) is 0 Å². The lowest BCUT2D eigenvalue weighted by molar-refractivity contribution is 0.605. The molecule has 0 saturated heterocycles. The van der Waals surface area contributed by atoms with Gasteiger partial charge in [0.1, 0.15) is 6.04 Å². The predicted octanol–water partition coefficient (Wildman–Crippen LogP) is 1.76. The Morgan fingerprint density at radius 3 is 3.18 bits per heavy atom. The van der Waals surface area contributed by atoms with Crippen molar-refractivity contribution >= 4 is 0 Å². The third-order valence-corrected chi connectivity index (χ3v) is 2.29. The summed E-state index contributed by atoms with van der Waals surface area (Å²) in [6.07, 6.45) is 4.26. The molecule has 0 radical (unpaired) electrons. The number of nitriles is 1. The van der Waals surface area contributed by atoms with Crippen LogP contribution >= 0.6 is 0 Å². The van der Waals surface area contributed by atoms with Crippen LogP contribution in [-0.2, 0) is 6.54 Å². The molecule has 0 saturated carbocycles. The first kappa shape index (κ1) is 13.0. The molecule has 1 heterocycles. The first-order valence-corrected chi connectivity index (χ1v) is 5.48. The monoisotopic (exact) mass is 233 g/mol. The number of hydrogen-bond acceptors (Lipinski definition) is 4. The molecule has 1 unspecified atom stereocenters. The molecule has 0 amide bonds. The second kappa shape index (κ2) is 7.28. The van der Waals surface area contributed by atoms with E-state index in [1.165, 1.54) is 0 Å². The summed E-state index contributed by atoms with van der Waals surface area (Å²) < 4.78 is 1.78. The highest BCUT2D eigenvalue weighted by Gasteiger charge is 2.11. The number of aryl methyl sites for hydroxylation is 1. The highest BCUT2D eigenvalue weighted by Crippen LogP contribution is 2.10. The minimum atomic E-state index is -0.360. The Labute approximate surface area is 99.7 Å². The van der Waals surface area contributed by atoms with Crippen LogP contribution in [0.4, 0.5) is 0 Å². The Morgan fingerprint density at radius 1 is 1.76 bits per heavy atom. The van der Waals surface area contributed by atoms with Gasteiger partial charge in [0.05, 0.1) is 12.3 Å². The number of rotatable bonds is 7. The fraction of sp³-hybridized carbons (Fsp3) is 0.600. The van der Waals surface area contributed by atoms with Gasteiger partial charge in [-0.15, -0.1) is 0 Å². The highest BCUT2D eigenvalue weighted by molar-refractivity contribution is 5.17. The Balaban J connectivity index is 2.43. The summed E-state index contributed by atoms with van der Waals surface area (Å²) in [4.78, 5) is 2.66. The number of nitrogens with zero attached hydrogens (tertiary/aromatic N) is 6. The lowest BCUT2D eigenvalue weighted by Gasteiger charge is -2.08. The second-order valence-electron chi connectivity index (χ2n) is 3.45. The van der Waals surface area contributed by atoms with E-state index in [4.69, 9.17) is 10.8 Å². The number of nitrogens with one attached hydrogen (secondary N) is 1. The number of hydrogen-bond donors (Lipinski definition) is 1. The molecular formula is C10H15N7. The quantitative estimate of drug-likeness (QED) is 0.336. The molecule has 7 nitrogen and oxygen atoms in total. The summed E-state index contributed by atoms with van der Waals surface area (Å²) in [5, 5.41) is 19.7. The topological polar surface area (TPSA) is 102 Å². The van der Waals surface area contributed by atoms with Crippen molar-refractivity contribution < 1.29 is 0 Å². The van der Waals surface area contributed by atoms with Crippen LogP contribution in [0.25, 0.3) is 10.4 Å². The van der Waals surface area contributed by atoms with E-state index < -0.39 is 0 Å². The van der Waals surface area contributed by atoms with Gasteiger partial charge in [-0.3, -0.25) is 10.00 Å². The Bertz CT molecular complexity index is 424. The molecule has 90 valence electrons. The molecule has 0 spiro atoms. The molecule has 17 heavy (non-hydrogen) atoms. The molecule has 1 rings (SSSR count). The number of azide groups is 1. The molecule has 0 aliphatic rings. The summed E-state index contributed by atoms with van der Waals surface area (Å²) in [6, 6.07) is 1.82. The molecule has 1 aromatic rings. The molecule has 1 aromatic heterocycles. The van der Waals surface area contributed by atoms with Crippen LogP contribution in [0.15, 0.2) is 17.5 Å². The van der Waals surface area contributed by atoms with E-state index in [2.05, 4.69) is 26.5 Å². The van der Waals surface area contributed by atoms with Gasteiger partial charge >= 0.3 is 0 Å². The average molecular weight is 233 g/mol. The summed E-state index contributed by atoms with van der Waals surface area (Å²) in [6.45, 7) is 3.85. The highest BCUT2D eigenvalue weighted by atomic mass is 15.3. The van der Waals surface area contributed by atoms with E-state index in [0.717, 1.165) is 12.1 Å². The summed E-state index contributed by atoms with van der Waals surface area (Å²) in [7, 11) is 0. The Hall–Kier alpha value is -2.03. The molecule has 0 aromatic carbocycles. The van der Waals surface area contributed by atoms with Gasteiger partial charge in [-0.2, -0.15) is 10.4 Å².